The van der Waals surface area contributed by atoms with E-state index in [1.807, 2.05) is 6.92 Å². The summed E-state index contributed by atoms with van der Waals surface area (Å²) < 4.78 is 10.8. The zero-order chi connectivity index (χ0) is 12.0. The van der Waals surface area contributed by atoms with Crippen molar-refractivity contribution in [3.05, 3.63) is 0 Å². The summed E-state index contributed by atoms with van der Waals surface area (Å²) in [5.41, 5.74) is 6.09. The molecule has 0 saturated heterocycles. The maximum atomic E-state index is 5.93. The molecule has 16 heavy (non-hydrogen) atoms. The second-order valence-electron chi connectivity index (χ2n) is 4.47. The Morgan fingerprint density at radius 3 is 2.50 bits per heavy atom. The van der Waals surface area contributed by atoms with Crippen molar-refractivity contribution < 1.29 is 9.47 Å². The van der Waals surface area contributed by atoms with Crippen molar-refractivity contribution in [3.63, 3.8) is 0 Å². The number of nitrogens with two attached hydrogens (primary N) is 1. The van der Waals surface area contributed by atoms with E-state index in [1.165, 1.54) is 0 Å². The lowest BCUT2D eigenvalue weighted by molar-refractivity contribution is -0.0910. The van der Waals surface area contributed by atoms with Gasteiger partial charge in [-0.15, -0.1) is 0 Å². The molecule has 0 aromatic rings. The van der Waals surface area contributed by atoms with Gasteiger partial charge in [0.25, 0.3) is 0 Å². The van der Waals surface area contributed by atoms with Crippen LogP contribution < -0.4 is 5.73 Å². The highest BCUT2D eigenvalue weighted by Gasteiger charge is 2.47. The number of hydrogen-bond acceptors (Lipinski definition) is 4. The van der Waals surface area contributed by atoms with E-state index < -0.39 is 0 Å². The van der Waals surface area contributed by atoms with E-state index in [0.717, 1.165) is 39.1 Å². The SMILES string of the molecule is CCOCCN(CC)C1(CN)CC(OC)C1. The summed E-state index contributed by atoms with van der Waals surface area (Å²) in [4.78, 5) is 2.44. The van der Waals surface area contributed by atoms with Gasteiger partial charge in [-0.2, -0.15) is 0 Å². The zero-order valence-corrected chi connectivity index (χ0v) is 10.9. The maximum absolute atomic E-state index is 5.93. The van der Waals surface area contributed by atoms with Crippen molar-refractivity contribution in [1.29, 1.82) is 0 Å². The molecule has 1 saturated carbocycles. The van der Waals surface area contributed by atoms with Gasteiger partial charge < -0.3 is 15.2 Å². The molecular weight excluding hydrogens is 204 g/mol. The van der Waals surface area contributed by atoms with Gasteiger partial charge in [0.05, 0.1) is 12.7 Å². The lowest BCUT2D eigenvalue weighted by Gasteiger charge is -2.53. The van der Waals surface area contributed by atoms with Crippen molar-refractivity contribution in [2.75, 3.05) is 40.0 Å². The smallest absolute Gasteiger partial charge is 0.0607 e. The van der Waals surface area contributed by atoms with Crippen LogP contribution >= 0.6 is 0 Å². The molecule has 0 aromatic heterocycles. The topological polar surface area (TPSA) is 47.7 Å². The lowest BCUT2D eigenvalue weighted by Crippen LogP contribution is -2.64. The average molecular weight is 230 g/mol. The molecule has 1 aliphatic rings. The lowest BCUT2D eigenvalue weighted by atomic mass is 9.72. The van der Waals surface area contributed by atoms with Crippen molar-refractivity contribution >= 4 is 0 Å². The second-order valence-corrected chi connectivity index (χ2v) is 4.47. The number of nitrogens with zero attached hydrogens (tertiary/aromatic N) is 1. The number of hydrogen-bond donors (Lipinski definition) is 1. The van der Waals surface area contributed by atoms with Gasteiger partial charge in [0.15, 0.2) is 0 Å². The Morgan fingerprint density at radius 1 is 1.38 bits per heavy atom. The first kappa shape index (κ1) is 13.9. The van der Waals surface area contributed by atoms with Gasteiger partial charge in [0.1, 0.15) is 0 Å². The molecule has 96 valence electrons. The molecule has 4 nitrogen and oxygen atoms in total. The fraction of sp³-hybridized carbons (Fsp3) is 1.00. The maximum Gasteiger partial charge on any atom is 0.0607 e. The predicted octanol–water partition coefficient (Wildman–Crippen LogP) is 0.851. The second kappa shape index (κ2) is 6.55. The molecule has 1 aliphatic carbocycles. The van der Waals surface area contributed by atoms with Gasteiger partial charge in [0.2, 0.25) is 0 Å². The Labute approximate surface area is 99.1 Å². The molecule has 1 fully saturated rings. The van der Waals surface area contributed by atoms with E-state index in [0.29, 0.717) is 12.6 Å². The molecule has 0 bridgehead atoms. The van der Waals surface area contributed by atoms with Crippen LogP contribution in [0.25, 0.3) is 0 Å². The van der Waals surface area contributed by atoms with E-state index in [2.05, 4.69) is 11.8 Å². The molecule has 1 rings (SSSR count). The molecule has 4 heteroatoms. The molecule has 0 atom stereocenters. The van der Waals surface area contributed by atoms with Gasteiger partial charge in [-0.25, -0.2) is 0 Å². The van der Waals surface area contributed by atoms with Crippen LogP contribution in [0.2, 0.25) is 0 Å². The standard InChI is InChI=1S/C12H26N2O2/c1-4-14(6-7-16-5-2)12(10-13)8-11(9-12)15-3/h11H,4-10,13H2,1-3H3. The molecule has 0 unspecified atom stereocenters. The third-order valence-corrected chi connectivity index (χ3v) is 3.69. The van der Waals surface area contributed by atoms with Crippen LogP contribution in [-0.4, -0.2) is 56.5 Å². The summed E-state index contributed by atoms with van der Waals surface area (Å²) in [6.07, 6.45) is 2.50. The first-order valence-electron chi connectivity index (χ1n) is 6.28. The van der Waals surface area contributed by atoms with Gasteiger partial charge in [0, 0.05) is 32.3 Å². The fourth-order valence-corrected chi connectivity index (χ4v) is 2.56. The molecule has 0 radical (unpaired) electrons. The average Bonchev–Trinajstić information content (AvgIpc) is 2.26. The Hall–Kier alpha value is -0.160. The monoisotopic (exact) mass is 230 g/mol. The molecular formula is C12H26N2O2. The van der Waals surface area contributed by atoms with E-state index in [-0.39, 0.29) is 5.54 Å². The van der Waals surface area contributed by atoms with Gasteiger partial charge in [-0.1, -0.05) is 6.92 Å². The first-order chi connectivity index (χ1) is 7.72. The minimum atomic E-state index is 0.159. The van der Waals surface area contributed by atoms with E-state index in [9.17, 15) is 0 Å². The van der Waals surface area contributed by atoms with Crippen LogP contribution in [0.5, 0.6) is 0 Å². The van der Waals surface area contributed by atoms with E-state index >= 15 is 0 Å². The molecule has 0 spiro atoms. The fourth-order valence-electron chi connectivity index (χ4n) is 2.56. The van der Waals surface area contributed by atoms with Crippen molar-refractivity contribution in [2.45, 2.75) is 38.3 Å². The Balaban J connectivity index is 2.43. The van der Waals surface area contributed by atoms with Crippen LogP contribution in [-0.2, 0) is 9.47 Å². The van der Waals surface area contributed by atoms with Crippen molar-refractivity contribution in [2.24, 2.45) is 5.73 Å². The number of ether oxygens (including phenoxy) is 2. The highest BCUT2D eigenvalue weighted by atomic mass is 16.5. The number of likely N-dealkylation sites (N-methyl/N-ethyl adjacent to an activating group) is 1. The first-order valence-corrected chi connectivity index (χ1v) is 6.28. The van der Waals surface area contributed by atoms with Crippen LogP contribution in [0.4, 0.5) is 0 Å². The normalized spacial score (nSPS) is 29.4. The summed E-state index contributed by atoms with van der Waals surface area (Å²) in [5.74, 6) is 0. The van der Waals surface area contributed by atoms with Crippen LogP contribution in [0.1, 0.15) is 26.7 Å². The molecule has 0 aliphatic heterocycles. The Morgan fingerprint density at radius 2 is 2.06 bits per heavy atom. The third kappa shape index (κ3) is 2.94. The van der Waals surface area contributed by atoms with Crippen molar-refractivity contribution in [1.82, 2.24) is 4.90 Å². The number of rotatable bonds is 8. The molecule has 2 N–H and O–H groups in total. The Kier molecular flexibility index (Phi) is 5.69. The summed E-state index contributed by atoms with van der Waals surface area (Å²) >= 11 is 0. The highest BCUT2D eigenvalue weighted by molar-refractivity contribution is 5.04. The third-order valence-electron chi connectivity index (χ3n) is 3.69. The van der Waals surface area contributed by atoms with Crippen molar-refractivity contribution in [3.8, 4) is 0 Å². The summed E-state index contributed by atoms with van der Waals surface area (Å²) in [5, 5.41) is 0. The van der Waals surface area contributed by atoms with Crippen LogP contribution in [0.3, 0.4) is 0 Å². The number of methoxy groups -OCH3 is 1. The minimum Gasteiger partial charge on any atom is -0.381 e. The zero-order valence-electron chi connectivity index (χ0n) is 10.9. The van der Waals surface area contributed by atoms with Crippen LogP contribution in [0, 0.1) is 0 Å². The summed E-state index contributed by atoms with van der Waals surface area (Å²) in [6.45, 7) is 8.51. The van der Waals surface area contributed by atoms with Crippen LogP contribution in [0.15, 0.2) is 0 Å². The summed E-state index contributed by atoms with van der Waals surface area (Å²) in [7, 11) is 1.78. The van der Waals surface area contributed by atoms with E-state index in [1.54, 1.807) is 7.11 Å². The molecule has 0 aromatic carbocycles. The highest BCUT2D eigenvalue weighted by Crippen LogP contribution is 2.38. The Bertz CT molecular complexity index is 193. The minimum absolute atomic E-state index is 0.159. The van der Waals surface area contributed by atoms with Gasteiger partial charge >= 0.3 is 0 Å². The van der Waals surface area contributed by atoms with Gasteiger partial charge in [-0.3, -0.25) is 4.90 Å². The summed E-state index contributed by atoms with van der Waals surface area (Å²) in [6, 6.07) is 0. The largest absolute Gasteiger partial charge is 0.381 e. The molecule has 0 heterocycles. The van der Waals surface area contributed by atoms with E-state index in [4.69, 9.17) is 15.2 Å². The predicted molar refractivity (Wildman–Crippen MR) is 65.6 cm³/mol. The quantitative estimate of drug-likeness (QED) is 0.628. The van der Waals surface area contributed by atoms with Gasteiger partial charge in [-0.05, 0) is 26.3 Å². The molecule has 0 amide bonds.